The summed E-state index contributed by atoms with van der Waals surface area (Å²) in [6.07, 6.45) is 3.15. The first kappa shape index (κ1) is 32.4. The predicted octanol–water partition coefficient (Wildman–Crippen LogP) is 6.38. The van der Waals surface area contributed by atoms with Crippen LogP contribution in [0.15, 0.2) is 30.5 Å². The molecule has 0 bridgehead atoms. The van der Waals surface area contributed by atoms with Crippen LogP contribution in [0.2, 0.25) is 0 Å². The van der Waals surface area contributed by atoms with Gasteiger partial charge in [0.05, 0.1) is 24.5 Å². The Balaban J connectivity index is 1.48. The Bertz CT molecular complexity index is 1540. The number of hydrogen-bond donors (Lipinski definition) is 2. The lowest BCUT2D eigenvalue weighted by molar-refractivity contribution is -0.0104. The first-order valence-corrected chi connectivity index (χ1v) is 15.4. The third-order valence-electron chi connectivity index (χ3n) is 7.85. The van der Waals surface area contributed by atoms with Crippen LogP contribution in [0.25, 0.3) is 5.65 Å². The molecule has 0 spiro atoms. The van der Waals surface area contributed by atoms with Crippen LogP contribution in [-0.4, -0.2) is 73.7 Å². The van der Waals surface area contributed by atoms with Gasteiger partial charge in [0.1, 0.15) is 34.5 Å². The molecule has 13 heteroatoms. The van der Waals surface area contributed by atoms with Gasteiger partial charge in [-0.15, -0.1) is 0 Å². The molecule has 11 nitrogen and oxygen atoms in total. The number of nitrogens with one attached hydrogen (secondary N) is 1. The molecule has 1 aliphatic carbocycles. The van der Waals surface area contributed by atoms with E-state index in [2.05, 4.69) is 10.4 Å². The molecule has 2 fully saturated rings. The minimum atomic E-state index is -0.903. The Hall–Kier alpha value is -4.00. The molecule has 3 aromatic rings. The maximum absolute atomic E-state index is 14.5. The van der Waals surface area contributed by atoms with Crippen LogP contribution < -0.4 is 10.2 Å². The quantitative estimate of drug-likeness (QED) is 0.323. The van der Waals surface area contributed by atoms with Gasteiger partial charge < -0.3 is 24.8 Å². The number of likely N-dealkylation sites (tertiary alicyclic amines) is 1. The molecule has 0 unspecified atom stereocenters. The number of β-amino-alcohol motifs (C(OH)–C–C–N with tert-alkyl or cyclic N) is 1. The Morgan fingerprint density at radius 1 is 1.02 bits per heavy atom. The second kappa shape index (κ2) is 12.4. The molecule has 5 rings (SSSR count). The topological polar surface area (TPSA) is 122 Å². The second-order valence-electron chi connectivity index (χ2n) is 13.8. The van der Waals surface area contributed by atoms with Gasteiger partial charge in [-0.3, -0.25) is 0 Å². The molecule has 1 aliphatic heterocycles. The molecule has 1 saturated carbocycles. The molecule has 0 radical (unpaired) electrons. The molecule has 1 saturated heterocycles. The van der Waals surface area contributed by atoms with Gasteiger partial charge >= 0.3 is 12.2 Å². The van der Waals surface area contributed by atoms with Gasteiger partial charge in [-0.1, -0.05) is 6.42 Å². The molecule has 45 heavy (non-hydrogen) atoms. The van der Waals surface area contributed by atoms with Gasteiger partial charge in [-0.05, 0) is 78.9 Å². The van der Waals surface area contributed by atoms with Crippen molar-refractivity contribution in [2.75, 3.05) is 29.9 Å². The molecule has 2 amide bonds. The molecule has 1 aromatic carbocycles. The van der Waals surface area contributed by atoms with Gasteiger partial charge in [0.2, 0.25) is 0 Å². The third-order valence-corrected chi connectivity index (χ3v) is 7.85. The van der Waals surface area contributed by atoms with E-state index in [0.29, 0.717) is 31.0 Å². The minimum absolute atomic E-state index is 0.0779. The van der Waals surface area contributed by atoms with Crippen LogP contribution in [0.4, 0.5) is 35.7 Å². The molecule has 3 heterocycles. The van der Waals surface area contributed by atoms with E-state index in [4.69, 9.17) is 14.5 Å². The highest BCUT2D eigenvalue weighted by Crippen LogP contribution is 2.40. The Kier molecular flexibility index (Phi) is 8.94. The number of piperidine rings is 1. The Morgan fingerprint density at radius 2 is 1.69 bits per heavy atom. The molecule has 2 aromatic heterocycles. The van der Waals surface area contributed by atoms with Gasteiger partial charge in [-0.2, -0.15) is 9.61 Å². The van der Waals surface area contributed by atoms with Crippen LogP contribution in [0.1, 0.15) is 78.7 Å². The standard InChI is InChI=1S/C32H42F2N6O5/c1-31(2,3)44-29(42)38-11-10-20(25(41)18-38)16-35-26-15-27(40-28(37-26)24(17-36-40)19-8-7-9-19)39(30(43)45-32(4,5)6)23-13-21(33)12-22(34)14-23/h12-15,17,19-20,25,41H,7-11,16,18H2,1-6H3,(H,35,37)/t20-,25+/m1/s1. The zero-order valence-corrected chi connectivity index (χ0v) is 26.6. The molecular weight excluding hydrogens is 586 g/mol. The average molecular weight is 629 g/mol. The monoisotopic (exact) mass is 628 g/mol. The van der Waals surface area contributed by atoms with Crippen molar-refractivity contribution in [1.29, 1.82) is 0 Å². The van der Waals surface area contributed by atoms with Crippen molar-refractivity contribution in [3.63, 3.8) is 0 Å². The molecule has 2 N–H and O–H groups in total. The number of amides is 2. The number of aliphatic hydroxyl groups excluding tert-OH is 1. The lowest BCUT2D eigenvalue weighted by Gasteiger charge is -2.36. The molecular formula is C32H42F2N6O5. The maximum Gasteiger partial charge on any atom is 0.420 e. The van der Waals surface area contributed by atoms with E-state index in [1.54, 1.807) is 53.8 Å². The van der Waals surface area contributed by atoms with E-state index < -0.39 is 41.1 Å². The summed E-state index contributed by atoms with van der Waals surface area (Å²) in [5.41, 5.74) is -0.207. The van der Waals surface area contributed by atoms with Crippen molar-refractivity contribution in [2.24, 2.45) is 5.92 Å². The number of fused-ring (bicyclic) bond motifs is 1. The van der Waals surface area contributed by atoms with Crippen LogP contribution >= 0.6 is 0 Å². The maximum atomic E-state index is 14.5. The van der Waals surface area contributed by atoms with E-state index in [1.165, 1.54) is 9.42 Å². The minimum Gasteiger partial charge on any atom is -0.444 e. The summed E-state index contributed by atoms with van der Waals surface area (Å²) in [5.74, 6) is -1.12. The summed E-state index contributed by atoms with van der Waals surface area (Å²) in [6, 6.07) is 4.41. The summed E-state index contributed by atoms with van der Waals surface area (Å²) in [4.78, 5) is 33.6. The van der Waals surface area contributed by atoms with Crippen LogP contribution in [0.5, 0.6) is 0 Å². The van der Waals surface area contributed by atoms with Crippen molar-refractivity contribution in [1.82, 2.24) is 19.5 Å². The fourth-order valence-corrected chi connectivity index (χ4v) is 5.47. The lowest BCUT2D eigenvalue weighted by Crippen LogP contribution is -2.49. The number of nitrogens with zero attached hydrogens (tertiary/aromatic N) is 5. The van der Waals surface area contributed by atoms with Crippen molar-refractivity contribution in [2.45, 2.75) is 90.4 Å². The fraction of sp³-hybridized carbons (Fsp3) is 0.562. The zero-order valence-electron chi connectivity index (χ0n) is 26.6. The van der Waals surface area contributed by atoms with Crippen LogP contribution in [0, 0.1) is 17.6 Å². The van der Waals surface area contributed by atoms with Crippen molar-refractivity contribution in [3.8, 4) is 0 Å². The SMILES string of the molecule is CC(C)(C)OC(=O)N1CC[C@H](CNc2cc(N(C(=O)OC(C)(C)C)c3cc(F)cc(F)c3)n3ncc(C4CCC4)c3n2)[C@@H](O)C1. The molecule has 244 valence electrons. The van der Waals surface area contributed by atoms with Crippen molar-refractivity contribution >= 4 is 35.2 Å². The summed E-state index contributed by atoms with van der Waals surface area (Å²) < 4.78 is 41.5. The first-order valence-electron chi connectivity index (χ1n) is 15.4. The zero-order chi connectivity index (χ0) is 32.7. The number of aliphatic hydroxyl groups is 1. The lowest BCUT2D eigenvalue weighted by atomic mass is 9.81. The Morgan fingerprint density at radius 3 is 2.27 bits per heavy atom. The summed E-state index contributed by atoms with van der Waals surface area (Å²) in [7, 11) is 0. The van der Waals surface area contributed by atoms with Crippen molar-refractivity contribution < 1.29 is 33.0 Å². The number of rotatable bonds is 6. The number of benzene rings is 1. The van der Waals surface area contributed by atoms with Gasteiger partial charge in [-0.25, -0.2) is 28.3 Å². The smallest absolute Gasteiger partial charge is 0.420 e. The summed E-state index contributed by atoms with van der Waals surface area (Å²) in [6.45, 7) is 11.4. The second-order valence-corrected chi connectivity index (χ2v) is 13.8. The van der Waals surface area contributed by atoms with E-state index in [9.17, 15) is 23.5 Å². The number of anilines is 3. The van der Waals surface area contributed by atoms with Gasteiger partial charge in [0.25, 0.3) is 0 Å². The summed E-state index contributed by atoms with van der Waals surface area (Å²) in [5, 5.41) is 18.8. The number of carbonyl (C=O) groups excluding carboxylic acids is 2. The molecule has 2 atom stereocenters. The highest BCUT2D eigenvalue weighted by Gasteiger charge is 2.34. The fourth-order valence-electron chi connectivity index (χ4n) is 5.47. The number of halogens is 2. The Labute approximate surface area is 261 Å². The molecule has 2 aliphatic rings. The number of hydrogen-bond acceptors (Lipinski definition) is 8. The van der Waals surface area contributed by atoms with Crippen LogP contribution in [0.3, 0.4) is 0 Å². The van der Waals surface area contributed by atoms with E-state index >= 15 is 0 Å². The summed E-state index contributed by atoms with van der Waals surface area (Å²) >= 11 is 0. The first-order chi connectivity index (χ1) is 21.1. The van der Waals surface area contributed by atoms with Gasteiger partial charge in [0, 0.05) is 36.7 Å². The highest BCUT2D eigenvalue weighted by molar-refractivity contribution is 5.96. The average Bonchev–Trinajstić information content (AvgIpc) is 3.28. The number of ether oxygens (including phenoxy) is 2. The van der Waals surface area contributed by atoms with Crippen molar-refractivity contribution in [3.05, 3.63) is 47.7 Å². The third kappa shape index (κ3) is 7.63. The number of aromatic nitrogens is 3. The number of carbonyl (C=O) groups is 2. The predicted molar refractivity (Wildman–Crippen MR) is 165 cm³/mol. The van der Waals surface area contributed by atoms with Crippen LogP contribution in [-0.2, 0) is 9.47 Å². The largest absolute Gasteiger partial charge is 0.444 e. The highest BCUT2D eigenvalue weighted by atomic mass is 19.1. The van der Waals surface area contributed by atoms with E-state index in [1.807, 2.05) is 0 Å². The van der Waals surface area contributed by atoms with E-state index in [0.717, 1.165) is 47.9 Å². The van der Waals surface area contributed by atoms with Gasteiger partial charge in [0.15, 0.2) is 5.65 Å². The normalized spacial score (nSPS) is 19.3. The van der Waals surface area contributed by atoms with E-state index in [-0.39, 0.29) is 29.9 Å².